The molecule has 0 heteroatoms. The summed E-state index contributed by atoms with van der Waals surface area (Å²) < 4.78 is 0. The lowest BCUT2D eigenvalue weighted by Crippen LogP contribution is -2.22. The van der Waals surface area contributed by atoms with Gasteiger partial charge in [0.25, 0.3) is 0 Å². The fourth-order valence-electron chi connectivity index (χ4n) is 3.04. The number of unbranched alkanes of at least 4 members (excludes halogenated alkanes) is 2. The average molecular weight is 255 g/mol. The molecule has 0 spiro atoms. The highest BCUT2D eigenvalue weighted by molar-refractivity contribution is 4.73. The zero-order valence-electron chi connectivity index (χ0n) is 14.1. The Morgan fingerprint density at radius 2 is 1.39 bits per heavy atom. The highest BCUT2D eigenvalue weighted by Gasteiger charge is 2.23. The molecule has 18 heavy (non-hydrogen) atoms. The maximum atomic E-state index is 2.48. The van der Waals surface area contributed by atoms with Crippen molar-refractivity contribution in [2.75, 3.05) is 0 Å². The molecule has 0 aliphatic heterocycles. The Morgan fingerprint density at radius 1 is 0.778 bits per heavy atom. The molecule has 0 N–H and O–H groups in total. The standard InChI is InChI=1S/C18H38/c1-8-10-11-12-18(9-2)13-15(5)17(7)16(6)14(3)4/h14-18H,8-13H2,1-7H3. The first-order valence-electron chi connectivity index (χ1n) is 8.43. The summed E-state index contributed by atoms with van der Waals surface area (Å²) in [6.45, 7) is 16.8. The zero-order valence-corrected chi connectivity index (χ0v) is 14.1. The number of rotatable bonds is 10. The molecule has 0 rings (SSSR count). The first-order chi connectivity index (χ1) is 8.43. The SMILES string of the molecule is CCCCCC(CC)CC(C)C(C)C(C)C(C)C. The van der Waals surface area contributed by atoms with Crippen LogP contribution in [0.5, 0.6) is 0 Å². The van der Waals surface area contributed by atoms with Crippen LogP contribution >= 0.6 is 0 Å². The first kappa shape index (κ1) is 18.0. The predicted octanol–water partition coefficient (Wildman–Crippen LogP) is 6.55. The van der Waals surface area contributed by atoms with E-state index in [0.29, 0.717) is 0 Å². The van der Waals surface area contributed by atoms with Crippen LogP contribution in [0.4, 0.5) is 0 Å². The summed E-state index contributed by atoms with van der Waals surface area (Å²) >= 11 is 0. The molecule has 0 saturated heterocycles. The summed E-state index contributed by atoms with van der Waals surface area (Å²) in [5.74, 6) is 4.39. The van der Waals surface area contributed by atoms with Crippen LogP contribution < -0.4 is 0 Å². The van der Waals surface area contributed by atoms with Crippen LogP contribution in [0, 0.1) is 29.6 Å². The Balaban J connectivity index is 4.12. The minimum Gasteiger partial charge on any atom is -0.0654 e. The van der Waals surface area contributed by atoms with E-state index in [2.05, 4.69) is 48.5 Å². The van der Waals surface area contributed by atoms with Gasteiger partial charge in [-0.2, -0.15) is 0 Å². The summed E-state index contributed by atoms with van der Waals surface area (Å²) in [7, 11) is 0. The van der Waals surface area contributed by atoms with Gasteiger partial charge in [0.2, 0.25) is 0 Å². The molecule has 0 saturated carbocycles. The molecule has 0 fully saturated rings. The Bertz CT molecular complexity index is 182. The van der Waals surface area contributed by atoms with Crippen molar-refractivity contribution in [1.29, 1.82) is 0 Å². The van der Waals surface area contributed by atoms with Crippen molar-refractivity contribution in [3.8, 4) is 0 Å². The van der Waals surface area contributed by atoms with Crippen molar-refractivity contribution in [3.05, 3.63) is 0 Å². The number of hydrogen-bond acceptors (Lipinski definition) is 0. The molecule has 0 aromatic rings. The molecule has 0 amide bonds. The van der Waals surface area contributed by atoms with E-state index in [4.69, 9.17) is 0 Å². The second kappa shape index (κ2) is 9.87. The van der Waals surface area contributed by atoms with Crippen LogP contribution in [-0.2, 0) is 0 Å². The van der Waals surface area contributed by atoms with Crippen LogP contribution in [0.15, 0.2) is 0 Å². The lowest BCUT2D eigenvalue weighted by atomic mass is 9.75. The number of hydrogen-bond donors (Lipinski definition) is 0. The van der Waals surface area contributed by atoms with Gasteiger partial charge < -0.3 is 0 Å². The van der Waals surface area contributed by atoms with E-state index in [-0.39, 0.29) is 0 Å². The monoisotopic (exact) mass is 254 g/mol. The minimum absolute atomic E-state index is 0.822. The van der Waals surface area contributed by atoms with Gasteiger partial charge in [-0.1, -0.05) is 80.6 Å². The van der Waals surface area contributed by atoms with Gasteiger partial charge >= 0.3 is 0 Å². The van der Waals surface area contributed by atoms with Crippen LogP contribution in [0.2, 0.25) is 0 Å². The van der Waals surface area contributed by atoms with E-state index >= 15 is 0 Å². The van der Waals surface area contributed by atoms with Gasteiger partial charge in [0.15, 0.2) is 0 Å². The lowest BCUT2D eigenvalue weighted by Gasteiger charge is -2.31. The third kappa shape index (κ3) is 6.81. The second-order valence-electron chi connectivity index (χ2n) is 6.95. The fourth-order valence-corrected chi connectivity index (χ4v) is 3.04. The van der Waals surface area contributed by atoms with Gasteiger partial charge in [-0.05, 0) is 36.0 Å². The molecule has 110 valence electrons. The van der Waals surface area contributed by atoms with Crippen molar-refractivity contribution < 1.29 is 0 Å². The summed E-state index contributed by atoms with van der Waals surface area (Å²) in [4.78, 5) is 0. The molecule has 4 atom stereocenters. The highest BCUT2D eigenvalue weighted by atomic mass is 14.3. The maximum Gasteiger partial charge on any atom is -0.0389 e. The van der Waals surface area contributed by atoms with E-state index < -0.39 is 0 Å². The zero-order chi connectivity index (χ0) is 14.1. The van der Waals surface area contributed by atoms with Crippen molar-refractivity contribution in [3.63, 3.8) is 0 Å². The Labute approximate surface area is 117 Å². The largest absolute Gasteiger partial charge is 0.0654 e. The topological polar surface area (TPSA) is 0 Å². The third-order valence-corrected chi connectivity index (χ3v) is 5.28. The van der Waals surface area contributed by atoms with Crippen LogP contribution in [0.1, 0.15) is 87.0 Å². The molecule has 4 unspecified atom stereocenters. The Morgan fingerprint density at radius 3 is 1.83 bits per heavy atom. The summed E-state index contributed by atoms with van der Waals surface area (Å²) in [6, 6.07) is 0. The normalized spacial score (nSPS) is 18.7. The maximum absolute atomic E-state index is 2.48. The highest BCUT2D eigenvalue weighted by Crippen LogP contribution is 2.32. The van der Waals surface area contributed by atoms with E-state index in [1.54, 1.807) is 0 Å². The lowest BCUT2D eigenvalue weighted by molar-refractivity contribution is 0.189. The smallest absolute Gasteiger partial charge is 0.0389 e. The van der Waals surface area contributed by atoms with Crippen LogP contribution in [-0.4, -0.2) is 0 Å². The van der Waals surface area contributed by atoms with Crippen molar-refractivity contribution in [2.45, 2.75) is 87.0 Å². The minimum atomic E-state index is 0.822. The van der Waals surface area contributed by atoms with Crippen molar-refractivity contribution >= 4 is 0 Å². The molecule has 0 aromatic carbocycles. The van der Waals surface area contributed by atoms with Gasteiger partial charge in [0, 0.05) is 0 Å². The molecule has 0 aliphatic carbocycles. The second-order valence-corrected chi connectivity index (χ2v) is 6.95. The van der Waals surface area contributed by atoms with Gasteiger partial charge in [-0.3, -0.25) is 0 Å². The van der Waals surface area contributed by atoms with E-state index in [9.17, 15) is 0 Å². The third-order valence-electron chi connectivity index (χ3n) is 5.28. The molecule has 0 aromatic heterocycles. The summed E-state index contributed by atoms with van der Waals surface area (Å²) in [5, 5.41) is 0. The Kier molecular flexibility index (Phi) is 9.87. The molecular formula is C18H38. The van der Waals surface area contributed by atoms with Gasteiger partial charge in [0.05, 0.1) is 0 Å². The van der Waals surface area contributed by atoms with Gasteiger partial charge in [-0.15, -0.1) is 0 Å². The van der Waals surface area contributed by atoms with Crippen molar-refractivity contribution in [2.24, 2.45) is 29.6 Å². The van der Waals surface area contributed by atoms with E-state index in [1.807, 2.05) is 0 Å². The molecule has 0 nitrogen and oxygen atoms in total. The molecule has 0 aliphatic rings. The fraction of sp³-hybridized carbons (Fsp3) is 1.00. The van der Waals surface area contributed by atoms with E-state index in [1.165, 1.54) is 38.5 Å². The first-order valence-corrected chi connectivity index (χ1v) is 8.43. The molecule has 0 heterocycles. The summed E-state index contributed by atoms with van der Waals surface area (Å²) in [5.41, 5.74) is 0. The Hall–Kier alpha value is 0. The van der Waals surface area contributed by atoms with E-state index in [0.717, 1.165) is 29.6 Å². The predicted molar refractivity (Wildman–Crippen MR) is 84.9 cm³/mol. The molecule has 0 radical (unpaired) electrons. The van der Waals surface area contributed by atoms with Crippen molar-refractivity contribution in [1.82, 2.24) is 0 Å². The molecule has 0 bridgehead atoms. The van der Waals surface area contributed by atoms with Crippen LogP contribution in [0.25, 0.3) is 0 Å². The summed E-state index contributed by atoms with van der Waals surface area (Å²) in [6.07, 6.45) is 8.48. The molecular weight excluding hydrogens is 216 g/mol. The van der Waals surface area contributed by atoms with Crippen LogP contribution in [0.3, 0.4) is 0 Å². The van der Waals surface area contributed by atoms with Gasteiger partial charge in [-0.25, -0.2) is 0 Å². The van der Waals surface area contributed by atoms with Gasteiger partial charge in [0.1, 0.15) is 0 Å². The average Bonchev–Trinajstić information content (AvgIpc) is 2.35. The quantitative estimate of drug-likeness (QED) is 0.388.